The van der Waals surface area contributed by atoms with Gasteiger partial charge in [-0.15, -0.1) is 0 Å². The Labute approximate surface area is 212 Å². The highest BCUT2D eigenvalue weighted by atomic mass is 35.5. The molecule has 1 aliphatic heterocycles. The Hall–Kier alpha value is -2.02. The standard InChI is InChI=1S/C21H32ClN2O11P/c1-20(2,3)17(26)30-11-33-36(29,34-12-31-18(27)21(4,5)6)32-10-13-7-8-16(35-13)24-14(22)9-15(25)23-19(24)28/h9,13,16H,7-8,10-12H2,1-6H3,(H,23,25,28). The van der Waals surface area contributed by atoms with Crippen molar-refractivity contribution in [3.63, 3.8) is 0 Å². The van der Waals surface area contributed by atoms with Crippen LogP contribution in [0.25, 0.3) is 0 Å². The van der Waals surface area contributed by atoms with Gasteiger partial charge in [0.2, 0.25) is 13.6 Å². The predicted octanol–water partition coefficient (Wildman–Crippen LogP) is 3.12. The fourth-order valence-corrected chi connectivity index (χ4v) is 3.97. The van der Waals surface area contributed by atoms with Crippen LogP contribution in [0.4, 0.5) is 0 Å². The van der Waals surface area contributed by atoms with Crippen molar-refractivity contribution in [1.82, 2.24) is 9.55 Å². The van der Waals surface area contributed by atoms with E-state index in [2.05, 4.69) is 4.98 Å². The zero-order valence-corrected chi connectivity index (χ0v) is 22.7. The Kier molecular flexibility index (Phi) is 10.1. The molecular formula is C21H32ClN2O11P. The molecule has 1 aromatic heterocycles. The van der Waals surface area contributed by atoms with Crippen molar-refractivity contribution in [2.24, 2.45) is 10.8 Å². The molecule has 0 amide bonds. The van der Waals surface area contributed by atoms with Crippen LogP contribution < -0.4 is 11.2 Å². The molecule has 1 saturated heterocycles. The summed E-state index contributed by atoms with van der Waals surface area (Å²) in [4.78, 5) is 49.5. The largest absolute Gasteiger partial charge is 0.480 e. The van der Waals surface area contributed by atoms with E-state index >= 15 is 0 Å². The van der Waals surface area contributed by atoms with Crippen molar-refractivity contribution in [2.45, 2.75) is 66.7 Å². The molecule has 0 bridgehead atoms. The molecule has 1 aromatic rings. The summed E-state index contributed by atoms with van der Waals surface area (Å²) >= 11 is 6.01. The number of H-pyrrole nitrogens is 1. The molecule has 13 nitrogen and oxygen atoms in total. The van der Waals surface area contributed by atoms with Crippen molar-refractivity contribution in [3.05, 3.63) is 32.1 Å². The quantitative estimate of drug-likeness (QED) is 0.196. The van der Waals surface area contributed by atoms with Gasteiger partial charge >= 0.3 is 25.5 Å². The molecule has 204 valence electrons. The third kappa shape index (κ3) is 8.82. The average Bonchev–Trinajstić information content (AvgIpc) is 3.18. The lowest BCUT2D eigenvalue weighted by Crippen LogP contribution is -2.33. The predicted molar refractivity (Wildman–Crippen MR) is 126 cm³/mol. The van der Waals surface area contributed by atoms with Crippen LogP contribution in [-0.4, -0.2) is 47.8 Å². The Balaban J connectivity index is 2.01. The molecule has 2 rings (SSSR count). The number of halogens is 1. The first-order valence-corrected chi connectivity index (χ1v) is 12.9. The van der Waals surface area contributed by atoms with Crippen molar-refractivity contribution in [2.75, 3.05) is 20.2 Å². The van der Waals surface area contributed by atoms with Crippen LogP contribution >= 0.6 is 19.4 Å². The lowest BCUT2D eigenvalue weighted by Gasteiger charge is -2.22. The third-order valence-corrected chi connectivity index (χ3v) is 6.35. The fraction of sp³-hybridized carbons (Fsp3) is 0.714. The summed E-state index contributed by atoms with van der Waals surface area (Å²) in [6.45, 7) is 7.98. The van der Waals surface area contributed by atoms with E-state index in [-0.39, 0.29) is 11.8 Å². The number of rotatable bonds is 10. The SMILES string of the molecule is CC(C)(C)C(=O)OCOP(=O)(OCOC(=O)C(C)(C)C)OCC1CCC(n2c(Cl)cc(=O)[nH]c2=O)O1. The number of esters is 2. The molecule has 0 aromatic carbocycles. The van der Waals surface area contributed by atoms with Gasteiger partial charge < -0.3 is 14.2 Å². The number of aromatic amines is 1. The number of hydrogen-bond donors (Lipinski definition) is 1. The van der Waals surface area contributed by atoms with Crippen molar-refractivity contribution >= 4 is 31.4 Å². The molecular weight excluding hydrogens is 523 g/mol. The number of nitrogens with zero attached hydrogens (tertiary/aromatic N) is 1. The van der Waals surface area contributed by atoms with Gasteiger partial charge in [-0.1, -0.05) is 11.6 Å². The highest BCUT2D eigenvalue weighted by Crippen LogP contribution is 2.50. The van der Waals surface area contributed by atoms with Crippen molar-refractivity contribution < 1.29 is 41.9 Å². The van der Waals surface area contributed by atoms with E-state index in [0.29, 0.717) is 12.8 Å². The van der Waals surface area contributed by atoms with Crippen LogP contribution in [0.15, 0.2) is 15.7 Å². The van der Waals surface area contributed by atoms with E-state index in [9.17, 15) is 23.7 Å². The van der Waals surface area contributed by atoms with Gasteiger partial charge in [-0.05, 0) is 54.4 Å². The molecule has 2 atom stereocenters. The fourth-order valence-electron chi connectivity index (χ4n) is 2.75. The first-order valence-electron chi connectivity index (χ1n) is 11.1. The second kappa shape index (κ2) is 12.0. The number of ether oxygens (including phenoxy) is 3. The average molecular weight is 555 g/mol. The van der Waals surface area contributed by atoms with Gasteiger partial charge in [-0.2, -0.15) is 0 Å². The van der Waals surface area contributed by atoms with Crippen LogP contribution in [0.5, 0.6) is 0 Å². The zero-order chi connectivity index (χ0) is 27.3. The maximum atomic E-state index is 13.1. The van der Waals surface area contributed by atoms with Crippen LogP contribution in [-0.2, 0) is 41.9 Å². The summed E-state index contributed by atoms with van der Waals surface area (Å²) in [6, 6.07) is 1.05. The monoisotopic (exact) mass is 554 g/mol. The van der Waals surface area contributed by atoms with Gasteiger partial charge in [-0.3, -0.25) is 28.5 Å². The molecule has 0 saturated carbocycles. The van der Waals surface area contributed by atoms with Gasteiger partial charge in [0.1, 0.15) is 11.4 Å². The topological polar surface area (TPSA) is 161 Å². The Morgan fingerprint density at radius 1 is 1.03 bits per heavy atom. The second-order valence-electron chi connectivity index (χ2n) is 10.0. The van der Waals surface area contributed by atoms with Crippen molar-refractivity contribution in [1.29, 1.82) is 0 Å². The molecule has 2 heterocycles. The highest BCUT2D eigenvalue weighted by molar-refractivity contribution is 7.48. The van der Waals surface area contributed by atoms with Crippen LogP contribution in [0.1, 0.15) is 60.6 Å². The van der Waals surface area contributed by atoms with E-state index in [1.54, 1.807) is 41.5 Å². The van der Waals surface area contributed by atoms with E-state index in [1.165, 1.54) is 0 Å². The van der Waals surface area contributed by atoms with Crippen LogP contribution in [0.3, 0.4) is 0 Å². The number of phosphoric acid groups is 1. The van der Waals surface area contributed by atoms with Gasteiger partial charge in [0.15, 0.2) is 0 Å². The summed E-state index contributed by atoms with van der Waals surface area (Å²) in [6.07, 6.45) is -0.722. The minimum atomic E-state index is -4.38. The number of nitrogens with one attached hydrogen (secondary N) is 1. The third-order valence-electron chi connectivity index (χ3n) is 4.75. The van der Waals surface area contributed by atoms with E-state index in [4.69, 9.17) is 39.4 Å². The molecule has 1 aliphatic rings. The maximum absolute atomic E-state index is 13.1. The number of carbonyl (C=O) groups is 2. The van der Waals surface area contributed by atoms with Gasteiger partial charge in [0.05, 0.1) is 23.5 Å². The molecule has 0 spiro atoms. The first-order chi connectivity index (χ1) is 16.5. The summed E-state index contributed by atoms with van der Waals surface area (Å²) in [5, 5.41) is -0.103. The smallest absolute Gasteiger partial charge is 0.437 e. The molecule has 0 radical (unpaired) electrons. The minimum Gasteiger partial charge on any atom is -0.437 e. The Morgan fingerprint density at radius 3 is 2.03 bits per heavy atom. The van der Waals surface area contributed by atoms with Gasteiger partial charge in [0.25, 0.3) is 5.56 Å². The lowest BCUT2D eigenvalue weighted by atomic mass is 9.98. The lowest BCUT2D eigenvalue weighted by molar-refractivity contribution is -0.163. The van der Waals surface area contributed by atoms with E-state index in [0.717, 1.165) is 10.6 Å². The molecule has 36 heavy (non-hydrogen) atoms. The number of phosphoric ester groups is 1. The molecule has 1 N–H and O–H groups in total. The summed E-state index contributed by atoms with van der Waals surface area (Å²) in [5.74, 6) is -1.23. The minimum absolute atomic E-state index is 0.103. The Morgan fingerprint density at radius 2 is 1.56 bits per heavy atom. The number of hydrogen-bond acceptors (Lipinski definition) is 11. The number of carbonyl (C=O) groups excluding carboxylic acids is 2. The van der Waals surface area contributed by atoms with Crippen molar-refractivity contribution in [3.8, 4) is 0 Å². The zero-order valence-electron chi connectivity index (χ0n) is 21.0. The summed E-state index contributed by atoms with van der Waals surface area (Å²) in [7, 11) is -4.38. The summed E-state index contributed by atoms with van der Waals surface area (Å²) < 4.78 is 45.4. The molecule has 0 aliphatic carbocycles. The molecule has 15 heteroatoms. The normalized spacial score (nSPS) is 18.8. The first kappa shape index (κ1) is 30.2. The maximum Gasteiger partial charge on any atom is 0.480 e. The van der Waals surface area contributed by atoms with Gasteiger partial charge in [0, 0.05) is 6.07 Å². The van der Waals surface area contributed by atoms with E-state index < -0.39 is 67.8 Å². The summed E-state index contributed by atoms with van der Waals surface area (Å²) in [5.41, 5.74) is -3.04. The second-order valence-corrected chi connectivity index (χ2v) is 12.1. The Bertz CT molecular complexity index is 1070. The molecule has 2 unspecified atom stereocenters. The number of aromatic nitrogens is 2. The highest BCUT2D eigenvalue weighted by Gasteiger charge is 2.35. The molecule has 1 fully saturated rings. The van der Waals surface area contributed by atoms with E-state index in [1.807, 2.05) is 0 Å². The van der Waals surface area contributed by atoms with Crippen LogP contribution in [0, 0.1) is 10.8 Å². The van der Waals surface area contributed by atoms with Crippen LogP contribution in [0.2, 0.25) is 5.15 Å². The van der Waals surface area contributed by atoms with Gasteiger partial charge in [-0.25, -0.2) is 18.4 Å².